The van der Waals surface area contributed by atoms with Crippen molar-refractivity contribution in [1.82, 2.24) is 15.2 Å². The Bertz CT molecular complexity index is 1090. The van der Waals surface area contributed by atoms with Gasteiger partial charge in [-0.15, -0.1) is 0 Å². The number of rotatable bonds is 4. The molecule has 154 valence electrons. The molecule has 4 amide bonds. The summed E-state index contributed by atoms with van der Waals surface area (Å²) in [5.74, 6) is -1.06. The van der Waals surface area contributed by atoms with Gasteiger partial charge in [0.1, 0.15) is 11.9 Å². The smallest absolute Gasteiger partial charge is 0.256 e. The van der Waals surface area contributed by atoms with Crippen molar-refractivity contribution in [3.8, 4) is 5.88 Å². The van der Waals surface area contributed by atoms with Gasteiger partial charge in [-0.3, -0.25) is 24.5 Å². The number of carbonyl (C=O) groups is 4. The maximum atomic E-state index is 12.7. The topological polar surface area (TPSA) is 118 Å². The fourth-order valence-corrected chi connectivity index (χ4v) is 3.74. The molecule has 30 heavy (non-hydrogen) atoms. The summed E-state index contributed by atoms with van der Waals surface area (Å²) in [6.07, 6.45) is 0.459. The average molecular weight is 429 g/mol. The van der Waals surface area contributed by atoms with E-state index in [2.05, 4.69) is 15.6 Å². The van der Waals surface area contributed by atoms with Crippen molar-refractivity contribution in [1.29, 1.82) is 0 Å². The number of nitrogens with zero attached hydrogens (tertiary/aromatic N) is 2. The molecule has 2 aromatic rings. The first-order valence-corrected chi connectivity index (χ1v) is 9.54. The Morgan fingerprint density at radius 1 is 1.27 bits per heavy atom. The Morgan fingerprint density at radius 3 is 2.80 bits per heavy atom. The summed E-state index contributed by atoms with van der Waals surface area (Å²) in [6, 6.07) is 7.00. The lowest BCUT2D eigenvalue weighted by Gasteiger charge is -2.29. The summed E-state index contributed by atoms with van der Waals surface area (Å²) in [7, 11) is 1.44. The molecular formula is C20H17ClN4O5. The first kappa shape index (κ1) is 19.8. The van der Waals surface area contributed by atoms with Gasteiger partial charge >= 0.3 is 0 Å². The van der Waals surface area contributed by atoms with Crippen molar-refractivity contribution in [2.24, 2.45) is 0 Å². The van der Waals surface area contributed by atoms with Gasteiger partial charge in [-0.25, -0.2) is 0 Å². The molecule has 2 aliphatic heterocycles. The highest BCUT2D eigenvalue weighted by atomic mass is 35.5. The van der Waals surface area contributed by atoms with E-state index < -0.39 is 17.9 Å². The van der Waals surface area contributed by atoms with E-state index in [1.165, 1.54) is 30.2 Å². The zero-order chi connectivity index (χ0) is 21.4. The van der Waals surface area contributed by atoms with Gasteiger partial charge in [0.25, 0.3) is 11.8 Å². The summed E-state index contributed by atoms with van der Waals surface area (Å²) >= 11 is 5.99. The van der Waals surface area contributed by atoms with E-state index in [9.17, 15) is 19.2 Å². The normalized spacial score (nSPS) is 18.1. The number of hydrogen-bond donors (Lipinski definition) is 2. The van der Waals surface area contributed by atoms with Crippen molar-refractivity contribution in [3.63, 3.8) is 0 Å². The van der Waals surface area contributed by atoms with E-state index in [0.717, 1.165) is 0 Å². The van der Waals surface area contributed by atoms with E-state index >= 15 is 0 Å². The van der Waals surface area contributed by atoms with Crippen LogP contribution in [0.3, 0.4) is 0 Å². The van der Waals surface area contributed by atoms with Crippen LogP contribution >= 0.6 is 11.6 Å². The fourth-order valence-electron chi connectivity index (χ4n) is 3.55. The molecule has 4 rings (SSSR count). The van der Waals surface area contributed by atoms with Crippen LogP contribution in [-0.4, -0.2) is 46.7 Å². The van der Waals surface area contributed by atoms with Gasteiger partial charge in [-0.2, -0.15) is 4.98 Å². The summed E-state index contributed by atoms with van der Waals surface area (Å²) < 4.78 is 5.04. The van der Waals surface area contributed by atoms with Crippen LogP contribution in [0, 0.1) is 0 Å². The number of halogens is 1. The number of benzene rings is 1. The molecule has 1 unspecified atom stereocenters. The lowest BCUT2D eigenvalue weighted by Crippen LogP contribution is -2.52. The second kappa shape index (κ2) is 7.75. The number of methoxy groups -OCH3 is 1. The second-order valence-corrected chi connectivity index (χ2v) is 7.38. The summed E-state index contributed by atoms with van der Waals surface area (Å²) in [5, 5.41) is 5.27. The van der Waals surface area contributed by atoms with Gasteiger partial charge in [-0.05, 0) is 36.2 Å². The number of anilines is 1. The number of piperidine rings is 1. The molecule has 1 aromatic carbocycles. The second-order valence-electron chi connectivity index (χ2n) is 6.94. The minimum Gasteiger partial charge on any atom is -0.481 e. The minimum absolute atomic E-state index is 0.181. The highest BCUT2D eigenvalue weighted by molar-refractivity contribution is 6.31. The number of amides is 4. The van der Waals surface area contributed by atoms with E-state index in [4.69, 9.17) is 16.3 Å². The monoisotopic (exact) mass is 428 g/mol. The molecule has 1 saturated heterocycles. The molecule has 2 aliphatic rings. The highest BCUT2D eigenvalue weighted by Gasteiger charge is 2.39. The molecule has 1 fully saturated rings. The number of carbonyl (C=O) groups excluding carboxylic acids is 4. The van der Waals surface area contributed by atoms with Crippen LogP contribution in [-0.2, 0) is 16.1 Å². The van der Waals surface area contributed by atoms with Gasteiger partial charge in [-0.1, -0.05) is 11.6 Å². The number of hydrogen-bond acceptors (Lipinski definition) is 6. The van der Waals surface area contributed by atoms with Crippen LogP contribution < -0.4 is 15.4 Å². The fraction of sp³-hybridized carbons (Fsp3) is 0.250. The summed E-state index contributed by atoms with van der Waals surface area (Å²) in [6.45, 7) is 0.185. The van der Waals surface area contributed by atoms with E-state index in [1.54, 1.807) is 12.1 Å². The zero-order valence-electron chi connectivity index (χ0n) is 15.9. The van der Waals surface area contributed by atoms with E-state index in [-0.39, 0.29) is 42.9 Å². The van der Waals surface area contributed by atoms with Crippen molar-refractivity contribution < 1.29 is 23.9 Å². The number of ether oxygens (including phenoxy) is 1. The molecular weight excluding hydrogens is 412 g/mol. The molecule has 1 aromatic heterocycles. The van der Waals surface area contributed by atoms with Crippen LogP contribution in [0.15, 0.2) is 30.3 Å². The third kappa shape index (κ3) is 3.71. The van der Waals surface area contributed by atoms with Gasteiger partial charge in [0.05, 0.1) is 7.11 Å². The lowest BCUT2D eigenvalue weighted by molar-refractivity contribution is -0.136. The third-order valence-corrected chi connectivity index (χ3v) is 5.22. The molecule has 2 N–H and O–H groups in total. The molecule has 0 saturated carbocycles. The van der Waals surface area contributed by atoms with Crippen LogP contribution in [0.25, 0.3) is 0 Å². The molecule has 10 heteroatoms. The van der Waals surface area contributed by atoms with Crippen molar-refractivity contribution in [2.75, 3.05) is 12.4 Å². The summed E-state index contributed by atoms with van der Waals surface area (Å²) in [4.78, 5) is 54.4. The molecule has 0 bridgehead atoms. The number of nitrogens with one attached hydrogen (secondary N) is 2. The van der Waals surface area contributed by atoms with Gasteiger partial charge < -0.3 is 15.0 Å². The minimum atomic E-state index is -0.706. The Kier molecular flexibility index (Phi) is 5.13. The Hall–Kier alpha value is -3.46. The Labute approximate surface area is 176 Å². The SMILES string of the molecule is COc1cc(Cl)cc(NC(=O)c2ccc3c(c2)CN(C2CCC(=O)NC2=O)C3=O)n1. The van der Waals surface area contributed by atoms with Crippen molar-refractivity contribution >= 4 is 41.0 Å². The maximum Gasteiger partial charge on any atom is 0.256 e. The van der Waals surface area contributed by atoms with Crippen molar-refractivity contribution in [3.05, 3.63) is 52.0 Å². The quantitative estimate of drug-likeness (QED) is 0.716. The highest BCUT2D eigenvalue weighted by Crippen LogP contribution is 2.28. The van der Waals surface area contributed by atoms with Crippen LogP contribution in [0.5, 0.6) is 5.88 Å². The Morgan fingerprint density at radius 2 is 2.07 bits per heavy atom. The van der Waals surface area contributed by atoms with Gasteiger partial charge in [0.2, 0.25) is 17.7 Å². The molecule has 3 heterocycles. The first-order chi connectivity index (χ1) is 14.4. The number of fused-ring (bicyclic) bond motifs is 1. The van der Waals surface area contributed by atoms with Gasteiger partial charge in [0, 0.05) is 35.2 Å². The van der Waals surface area contributed by atoms with Crippen molar-refractivity contribution in [2.45, 2.75) is 25.4 Å². The van der Waals surface area contributed by atoms with Crippen LogP contribution in [0.1, 0.15) is 39.1 Å². The summed E-state index contributed by atoms with van der Waals surface area (Å²) in [5.41, 5.74) is 1.39. The van der Waals surface area contributed by atoms with E-state index in [0.29, 0.717) is 21.7 Å². The number of aromatic nitrogens is 1. The maximum absolute atomic E-state index is 12.7. The predicted octanol–water partition coefficient (Wildman–Crippen LogP) is 1.76. The van der Waals surface area contributed by atoms with Gasteiger partial charge in [0.15, 0.2) is 0 Å². The van der Waals surface area contributed by atoms with Crippen LogP contribution in [0.2, 0.25) is 5.02 Å². The van der Waals surface area contributed by atoms with E-state index in [1.807, 2.05) is 0 Å². The lowest BCUT2D eigenvalue weighted by atomic mass is 10.0. The first-order valence-electron chi connectivity index (χ1n) is 9.16. The largest absolute Gasteiger partial charge is 0.481 e. The molecule has 1 atom stereocenters. The molecule has 9 nitrogen and oxygen atoms in total. The predicted molar refractivity (Wildman–Crippen MR) is 106 cm³/mol. The Balaban J connectivity index is 1.52. The molecule has 0 aliphatic carbocycles. The average Bonchev–Trinajstić information content (AvgIpc) is 3.03. The molecule has 0 radical (unpaired) electrons. The van der Waals surface area contributed by atoms with Crippen LogP contribution in [0.4, 0.5) is 5.82 Å². The molecule has 0 spiro atoms. The number of pyridine rings is 1. The third-order valence-electron chi connectivity index (χ3n) is 5.00. The number of imide groups is 1. The zero-order valence-corrected chi connectivity index (χ0v) is 16.7. The standard InChI is InChI=1S/C20H17ClN4O5/c1-30-17-8-12(21)7-15(22-17)23-18(27)10-2-3-13-11(6-10)9-25(20(13)29)14-4-5-16(26)24-19(14)28/h2-3,6-8,14H,4-5,9H2,1H3,(H,22,23,27)(H,24,26,28).